The van der Waals surface area contributed by atoms with Crippen LogP contribution in [-0.2, 0) is 0 Å². The Bertz CT molecular complexity index is 496. The average Bonchev–Trinajstić information content (AvgIpc) is 2.29. The Balaban J connectivity index is 2.58. The fraction of sp³-hybridized carbons (Fsp3) is 0.0909. The maximum Gasteiger partial charge on any atom is 0.138 e. The Kier molecular flexibility index (Phi) is 2.92. The molecule has 0 atom stereocenters. The second-order valence-electron chi connectivity index (χ2n) is 3.18. The van der Waals surface area contributed by atoms with Crippen LogP contribution in [0.25, 0.3) is 11.1 Å². The fourth-order valence-corrected chi connectivity index (χ4v) is 1.68. The molecular formula is C11H10ClN3O. The summed E-state index contributed by atoms with van der Waals surface area (Å²) in [5.74, 6) is 0.650. The summed E-state index contributed by atoms with van der Waals surface area (Å²) in [5, 5.41) is 0.357. The average molecular weight is 236 g/mol. The molecule has 2 rings (SSSR count). The summed E-state index contributed by atoms with van der Waals surface area (Å²) >= 11 is 6.00. The Hall–Kier alpha value is -1.81. The van der Waals surface area contributed by atoms with Gasteiger partial charge >= 0.3 is 0 Å². The standard InChI is InChI=1S/C11H10ClN3O/c1-16-8-4-7(5-14-6-8)10-9(13)2-3-15-11(10)12/h2-6H,1H3,(H2,13,15). The molecule has 0 fully saturated rings. The van der Waals surface area contributed by atoms with Gasteiger partial charge in [0.1, 0.15) is 10.9 Å². The number of halogens is 1. The van der Waals surface area contributed by atoms with Gasteiger partial charge in [-0.25, -0.2) is 4.98 Å². The Morgan fingerprint density at radius 3 is 2.88 bits per heavy atom. The number of rotatable bonds is 2. The summed E-state index contributed by atoms with van der Waals surface area (Å²) in [5.41, 5.74) is 7.88. The second kappa shape index (κ2) is 4.37. The number of aromatic nitrogens is 2. The van der Waals surface area contributed by atoms with E-state index in [9.17, 15) is 0 Å². The van der Waals surface area contributed by atoms with Crippen LogP contribution in [0.4, 0.5) is 5.69 Å². The van der Waals surface area contributed by atoms with E-state index >= 15 is 0 Å². The number of nitrogens with two attached hydrogens (primary N) is 1. The van der Waals surface area contributed by atoms with E-state index in [0.717, 1.165) is 5.56 Å². The van der Waals surface area contributed by atoms with Gasteiger partial charge in [-0.1, -0.05) is 11.6 Å². The molecule has 0 spiro atoms. The van der Waals surface area contributed by atoms with E-state index in [2.05, 4.69) is 9.97 Å². The molecule has 0 aliphatic heterocycles. The van der Waals surface area contributed by atoms with Gasteiger partial charge in [-0.3, -0.25) is 4.98 Å². The van der Waals surface area contributed by atoms with Gasteiger partial charge in [-0.15, -0.1) is 0 Å². The van der Waals surface area contributed by atoms with Gasteiger partial charge in [-0.2, -0.15) is 0 Å². The SMILES string of the molecule is COc1cncc(-c2c(N)ccnc2Cl)c1. The number of nitrogens with zero attached hydrogens (tertiary/aromatic N) is 2. The number of hydrogen-bond donors (Lipinski definition) is 1. The molecule has 0 aromatic carbocycles. The molecule has 0 amide bonds. The molecule has 0 radical (unpaired) electrons. The van der Waals surface area contributed by atoms with Crippen molar-refractivity contribution in [1.82, 2.24) is 9.97 Å². The molecule has 2 heterocycles. The molecule has 0 aliphatic rings. The number of nitrogen functional groups attached to an aromatic ring is 1. The minimum Gasteiger partial charge on any atom is -0.495 e. The summed E-state index contributed by atoms with van der Waals surface area (Å²) in [6.45, 7) is 0. The van der Waals surface area contributed by atoms with Crippen LogP contribution in [0.5, 0.6) is 5.75 Å². The molecule has 2 aromatic heterocycles. The van der Waals surface area contributed by atoms with E-state index in [1.807, 2.05) is 6.07 Å². The highest BCUT2D eigenvalue weighted by Gasteiger charge is 2.09. The zero-order valence-corrected chi connectivity index (χ0v) is 9.40. The molecule has 0 saturated carbocycles. The highest BCUT2D eigenvalue weighted by Crippen LogP contribution is 2.32. The molecule has 2 N–H and O–H groups in total. The van der Waals surface area contributed by atoms with Gasteiger partial charge in [0, 0.05) is 29.2 Å². The van der Waals surface area contributed by atoms with Crippen molar-refractivity contribution in [3.8, 4) is 16.9 Å². The van der Waals surface area contributed by atoms with E-state index in [-0.39, 0.29) is 0 Å². The lowest BCUT2D eigenvalue weighted by Crippen LogP contribution is -1.94. The first-order valence-electron chi connectivity index (χ1n) is 4.61. The summed E-state index contributed by atoms with van der Waals surface area (Å²) < 4.78 is 5.09. The number of hydrogen-bond acceptors (Lipinski definition) is 4. The van der Waals surface area contributed by atoms with Crippen LogP contribution in [0.1, 0.15) is 0 Å². The Labute approximate surface area is 98.0 Å². The van der Waals surface area contributed by atoms with Crippen molar-refractivity contribution in [3.05, 3.63) is 35.9 Å². The normalized spacial score (nSPS) is 10.1. The number of anilines is 1. The minimum atomic E-state index is 0.357. The smallest absolute Gasteiger partial charge is 0.138 e. The first-order valence-corrected chi connectivity index (χ1v) is 4.99. The third-order valence-electron chi connectivity index (χ3n) is 2.17. The monoisotopic (exact) mass is 235 g/mol. The highest BCUT2D eigenvalue weighted by atomic mass is 35.5. The lowest BCUT2D eigenvalue weighted by atomic mass is 10.1. The zero-order valence-electron chi connectivity index (χ0n) is 8.64. The van der Waals surface area contributed by atoms with Gasteiger partial charge < -0.3 is 10.5 Å². The third kappa shape index (κ3) is 1.92. The van der Waals surface area contributed by atoms with Gasteiger partial charge in [0.2, 0.25) is 0 Å². The molecule has 5 heteroatoms. The highest BCUT2D eigenvalue weighted by molar-refractivity contribution is 6.32. The lowest BCUT2D eigenvalue weighted by molar-refractivity contribution is 0.413. The van der Waals surface area contributed by atoms with Crippen molar-refractivity contribution >= 4 is 17.3 Å². The number of pyridine rings is 2. The number of methoxy groups -OCH3 is 1. The van der Waals surface area contributed by atoms with Crippen LogP contribution in [0.3, 0.4) is 0 Å². The van der Waals surface area contributed by atoms with Gasteiger partial charge in [0.05, 0.1) is 13.3 Å². The Morgan fingerprint density at radius 2 is 2.19 bits per heavy atom. The van der Waals surface area contributed by atoms with Crippen LogP contribution < -0.4 is 10.5 Å². The molecule has 0 bridgehead atoms. The van der Waals surface area contributed by atoms with Crippen LogP contribution >= 0.6 is 11.6 Å². The summed E-state index contributed by atoms with van der Waals surface area (Å²) in [6.07, 6.45) is 4.85. The van der Waals surface area contributed by atoms with E-state index < -0.39 is 0 Å². The van der Waals surface area contributed by atoms with Gasteiger partial charge in [0.25, 0.3) is 0 Å². The molecule has 0 unspecified atom stereocenters. The predicted octanol–water partition coefficient (Wildman–Crippen LogP) is 2.39. The largest absolute Gasteiger partial charge is 0.495 e. The van der Waals surface area contributed by atoms with Crippen molar-refractivity contribution < 1.29 is 4.74 Å². The van der Waals surface area contributed by atoms with Crippen molar-refractivity contribution in [2.24, 2.45) is 0 Å². The van der Waals surface area contributed by atoms with Crippen LogP contribution in [-0.4, -0.2) is 17.1 Å². The summed E-state index contributed by atoms with van der Waals surface area (Å²) in [7, 11) is 1.58. The maximum absolute atomic E-state index is 6.00. The third-order valence-corrected chi connectivity index (χ3v) is 2.46. The van der Waals surface area contributed by atoms with Crippen molar-refractivity contribution in [2.45, 2.75) is 0 Å². The Morgan fingerprint density at radius 1 is 1.38 bits per heavy atom. The molecule has 0 saturated heterocycles. The quantitative estimate of drug-likeness (QED) is 0.812. The number of ether oxygens (including phenoxy) is 1. The van der Waals surface area contributed by atoms with E-state index in [0.29, 0.717) is 22.2 Å². The summed E-state index contributed by atoms with van der Waals surface area (Å²) in [4.78, 5) is 8.04. The maximum atomic E-state index is 6.00. The molecule has 0 aliphatic carbocycles. The molecule has 82 valence electrons. The van der Waals surface area contributed by atoms with Gasteiger partial charge in [0.15, 0.2) is 0 Å². The summed E-state index contributed by atoms with van der Waals surface area (Å²) in [6, 6.07) is 3.51. The first kappa shape index (κ1) is 10.7. The van der Waals surface area contributed by atoms with Crippen molar-refractivity contribution in [3.63, 3.8) is 0 Å². The molecule has 4 nitrogen and oxygen atoms in total. The molecule has 16 heavy (non-hydrogen) atoms. The van der Waals surface area contributed by atoms with Gasteiger partial charge in [-0.05, 0) is 12.1 Å². The first-order chi connectivity index (χ1) is 7.72. The second-order valence-corrected chi connectivity index (χ2v) is 3.54. The zero-order chi connectivity index (χ0) is 11.5. The van der Waals surface area contributed by atoms with Crippen molar-refractivity contribution in [1.29, 1.82) is 0 Å². The van der Waals surface area contributed by atoms with E-state index in [1.165, 1.54) is 0 Å². The predicted molar refractivity (Wildman–Crippen MR) is 63.4 cm³/mol. The molecule has 2 aromatic rings. The van der Waals surface area contributed by atoms with E-state index in [1.54, 1.807) is 31.8 Å². The van der Waals surface area contributed by atoms with Crippen LogP contribution in [0, 0.1) is 0 Å². The van der Waals surface area contributed by atoms with E-state index in [4.69, 9.17) is 22.1 Å². The minimum absolute atomic E-state index is 0.357. The van der Waals surface area contributed by atoms with Crippen LogP contribution in [0.15, 0.2) is 30.7 Å². The van der Waals surface area contributed by atoms with Crippen molar-refractivity contribution in [2.75, 3.05) is 12.8 Å². The molecular weight excluding hydrogens is 226 g/mol. The fourth-order valence-electron chi connectivity index (χ4n) is 1.40. The topological polar surface area (TPSA) is 61.0 Å². The lowest BCUT2D eigenvalue weighted by Gasteiger charge is -2.07. The van der Waals surface area contributed by atoms with Crippen LogP contribution in [0.2, 0.25) is 5.15 Å².